The lowest BCUT2D eigenvalue weighted by Gasteiger charge is -2.27. The Bertz CT molecular complexity index is 1650. The van der Waals surface area contributed by atoms with E-state index in [0.29, 0.717) is 31.7 Å². The van der Waals surface area contributed by atoms with Gasteiger partial charge in [0.2, 0.25) is 5.89 Å². The van der Waals surface area contributed by atoms with E-state index in [1.54, 1.807) is 79.1 Å². The number of Topliss-reactive ketones (excluding diaryl/α,β-unsaturated/α-hetero) is 1. The second kappa shape index (κ2) is 21.8. The fourth-order valence-corrected chi connectivity index (χ4v) is 4.60. The van der Waals surface area contributed by atoms with Crippen LogP contribution in [0.25, 0.3) is 11.5 Å². The number of halogens is 4. The monoisotopic (exact) mass is 779 g/mol. The van der Waals surface area contributed by atoms with Crippen molar-refractivity contribution in [3.05, 3.63) is 71.1 Å². The van der Waals surface area contributed by atoms with Gasteiger partial charge < -0.3 is 29.0 Å². The van der Waals surface area contributed by atoms with Gasteiger partial charge in [-0.05, 0) is 77.6 Å². The molecule has 0 bridgehead atoms. The predicted octanol–water partition coefficient (Wildman–Crippen LogP) is 9.00. The van der Waals surface area contributed by atoms with E-state index >= 15 is 0 Å². The Hall–Kier alpha value is -5.02. The van der Waals surface area contributed by atoms with Crippen molar-refractivity contribution in [2.75, 3.05) is 19.6 Å². The molecule has 3 amide bonds. The van der Waals surface area contributed by atoms with E-state index in [4.69, 9.17) is 13.9 Å². The Balaban J connectivity index is 0.000000380. The fourth-order valence-electron chi connectivity index (χ4n) is 4.60. The van der Waals surface area contributed by atoms with Crippen LogP contribution in [0.4, 0.5) is 27.2 Å². The first-order chi connectivity index (χ1) is 25.7. The fraction of sp³-hybridized carbons (Fsp3) is 0.538. The lowest BCUT2D eigenvalue weighted by molar-refractivity contribution is -0.131. The van der Waals surface area contributed by atoms with Crippen molar-refractivity contribution in [1.29, 1.82) is 0 Å². The third kappa shape index (κ3) is 17.3. The molecule has 304 valence electrons. The van der Waals surface area contributed by atoms with Gasteiger partial charge in [-0.25, -0.2) is 9.59 Å². The molecule has 0 aliphatic carbocycles. The van der Waals surface area contributed by atoms with Crippen LogP contribution in [0.5, 0.6) is 0 Å². The minimum Gasteiger partial charge on any atom is -0.444 e. The Labute approximate surface area is 319 Å². The van der Waals surface area contributed by atoms with Gasteiger partial charge in [0.1, 0.15) is 11.2 Å². The van der Waals surface area contributed by atoms with E-state index in [0.717, 1.165) is 36.8 Å². The Morgan fingerprint density at radius 3 is 1.56 bits per heavy atom. The van der Waals surface area contributed by atoms with Crippen molar-refractivity contribution in [1.82, 2.24) is 25.3 Å². The molecule has 1 N–H and O–H groups in total. The molecule has 0 unspecified atom stereocenters. The topological polar surface area (TPSA) is 144 Å². The molecule has 0 saturated carbocycles. The van der Waals surface area contributed by atoms with Crippen molar-refractivity contribution in [3.63, 3.8) is 0 Å². The van der Waals surface area contributed by atoms with Crippen molar-refractivity contribution < 1.29 is 50.6 Å². The molecule has 0 aliphatic heterocycles. The molecule has 0 fully saturated rings. The summed E-state index contributed by atoms with van der Waals surface area (Å²) in [7, 11) is 0. The highest BCUT2D eigenvalue weighted by Gasteiger charge is 2.24. The second-order valence-corrected chi connectivity index (χ2v) is 14.6. The highest BCUT2D eigenvalue weighted by atomic mass is 19.3. The van der Waals surface area contributed by atoms with E-state index in [9.17, 15) is 36.7 Å². The lowest BCUT2D eigenvalue weighted by atomic mass is 10.1. The van der Waals surface area contributed by atoms with Crippen LogP contribution in [0.3, 0.4) is 0 Å². The zero-order valence-electron chi connectivity index (χ0n) is 32.8. The van der Waals surface area contributed by atoms with Crippen molar-refractivity contribution >= 4 is 23.9 Å². The largest absolute Gasteiger partial charge is 0.444 e. The second-order valence-electron chi connectivity index (χ2n) is 14.6. The smallest absolute Gasteiger partial charge is 0.410 e. The van der Waals surface area contributed by atoms with Gasteiger partial charge in [0.25, 0.3) is 11.8 Å². The van der Waals surface area contributed by atoms with Crippen LogP contribution in [0.15, 0.2) is 52.9 Å². The molecule has 0 radical (unpaired) electrons. The van der Waals surface area contributed by atoms with E-state index in [-0.39, 0.29) is 17.5 Å². The Morgan fingerprint density at radius 1 is 0.727 bits per heavy atom. The zero-order valence-corrected chi connectivity index (χ0v) is 32.8. The van der Waals surface area contributed by atoms with E-state index in [2.05, 4.69) is 17.1 Å². The molecule has 1 aromatic heterocycles. The van der Waals surface area contributed by atoms with Gasteiger partial charge in [0, 0.05) is 37.3 Å². The first-order valence-corrected chi connectivity index (χ1v) is 18.1. The molecular weight excluding hydrogens is 726 g/mol. The number of nitrogens with one attached hydrogen (secondary N) is 1. The van der Waals surface area contributed by atoms with Crippen LogP contribution in [0, 0.1) is 0 Å². The van der Waals surface area contributed by atoms with Crippen molar-refractivity contribution in [2.45, 2.75) is 118 Å². The van der Waals surface area contributed by atoms with Crippen LogP contribution in [-0.4, -0.2) is 81.1 Å². The number of carbonyl (C=O) groups is 4. The van der Waals surface area contributed by atoms with Crippen LogP contribution >= 0.6 is 0 Å². The molecular formula is C39H53F4N5O7. The van der Waals surface area contributed by atoms with Crippen LogP contribution in [-0.2, 0) is 27.4 Å². The standard InChI is InChI=1S/C20H28F2N2O4.C19H25F2N3O3/c1-5-6-11-24(19(27)28-20(2,3)4)13-14-7-9-15(10-8-14)16(25)12-23-18(26)17(21)22;1-5-6-11-24(18(25)27-19(2,3)4)12-13-7-9-14(10-8-13)16-22-23-17(26-16)15(20)21/h7-10,17H,5-6,11-13H2,1-4H3,(H,23,26);7-10,15H,5-6,11-12H2,1-4H3. The molecule has 0 atom stereocenters. The Kier molecular flexibility index (Phi) is 18.3. The molecule has 0 spiro atoms. The summed E-state index contributed by atoms with van der Waals surface area (Å²) < 4.78 is 65.2. The zero-order chi connectivity index (χ0) is 41.3. The van der Waals surface area contributed by atoms with Crippen molar-refractivity contribution in [2.24, 2.45) is 0 Å². The predicted molar refractivity (Wildman–Crippen MR) is 198 cm³/mol. The Morgan fingerprint density at radius 2 is 1.18 bits per heavy atom. The number of hydrogen-bond donors (Lipinski definition) is 1. The maximum atomic E-state index is 12.6. The molecule has 16 heteroatoms. The van der Waals surface area contributed by atoms with E-state index < -0.39 is 54.3 Å². The highest BCUT2D eigenvalue weighted by molar-refractivity contribution is 5.99. The van der Waals surface area contributed by atoms with Gasteiger partial charge in [-0.3, -0.25) is 9.59 Å². The number of hydrogen-bond acceptors (Lipinski definition) is 9. The van der Waals surface area contributed by atoms with Crippen LogP contribution < -0.4 is 5.32 Å². The number of amides is 3. The third-order valence-corrected chi connectivity index (χ3v) is 7.34. The first kappa shape index (κ1) is 46.1. The summed E-state index contributed by atoms with van der Waals surface area (Å²) in [5, 5.41) is 8.82. The summed E-state index contributed by atoms with van der Waals surface area (Å²) in [5.74, 6) is -2.62. The van der Waals surface area contributed by atoms with Crippen LogP contribution in [0.2, 0.25) is 0 Å². The van der Waals surface area contributed by atoms with Gasteiger partial charge in [-0.1, -0.05) is 63.1 Å². The quantitative estimate of drug-likeness (QED) is 0.111. The summed E-state index contributed by atoms with van der Waals surface area (Å²) in [6, 6.07) is 13.4. The van der Waals surface area contributed by atoms with Crippen LogP contribution in [0.1, 0.15) is 115 Å². The number of ether oxygens (including phenoxy) is 2. The summed E-state index contributed by atoms with van der Waals surface area (Å²) in [6.45, 7) is 16.3. The number of ketones is 1. The number of rotatable bonds is 16. The lowest BCUT2D eigenvalue weighted by Crippen LogP contribution is -2.37. The normalized spacial score (nSPS) is 11.5. The van der Waals surface area contributed by atoms with Gasteiger partial charge >= 0.3 is 25.0 Å². The molecule has 0 saturated heterocycles. The number of aromatic nitrogens is 2. The SMILES string of the molecule is CCCCN(Cc1ccc(-c2nnc(C(F)F)o2)cc1)C(=O)OC(C)(C)C.CCCCN(Cc1ccc(C(=O)CNC(=O)C(F)F)cc1)C(=O)OC(C)(C)C. The molecule has 2 aromatic carbocycles. The third-order valence-electron chi connectivity index (χ3n) is 7.34. The highest BCUT2D eigenvalue weighted by Crippen LogP contribution is 2.24. The molecule has 1 heterocycles. The molecule has 0 aliphatic rings. The average Bonchev–Trinajstić information content (AvgIpc) is 3.61. The molecule has 55 heavy (non-hydrogen) atoms. The summed E-state index contributed by atoms with van der Waals surface area (Å²) in [5.41, 5.74) is 1.35. The molecule has 3 aromatic rings. The van der Waals surface area contributed by atoms with Crippen molar-refractivity contribution in [3.8, 4) is 11.5 Å². The number of benzene rings is 2. The van der Waals surface area contributed by atoms with E-state index in [1.165, 1.54) is 0 Å². The number of carbonyl (C=O) groups excluding carboxylic acids is 4. The van der Waals surface area contributed by atoms with E-state index in [1.807, 2.05) is 33.0 Å². The van der Waals surface area contributed by atoms with Gasteiger partial charge in [-0.15, -0.1) is 10.2 Å². The van der Waals surface area contributed by atoms with Gasteiger partial charge in [0.15, 0.2) is 5.78 Å². The number of alkyl halides is 4. The van der Waals surface area contributed by atoms with Gasteiger partial charge in [0.05, 0.1) is 6.54 Å². The average molecular weight is 780 g/mol. The maximum absolute atomic E-state index is 12.6. The number of unbranched alkanes of at least 4 members (excludes halogenated alkanes) is 2. The molecule has 3 rings (SSSR count). The summed E-state index contributed by atoms with van der Waals surface area (Å²) >= 11 is 0. The summed E-state index contributed by atoms with van der Waals surface area (Å²) in [6.07, 6.45) is -3.13. The minimum absolute atomic E-state index is 0.0341. The molecule has 12 nitrogen and oxygen atoms in total. The summed E-state index contributed by atoms with van der Waals surface area (Å²) in [4.78, 5) is 50.9. The maximum Gasteiger partial charge on any atom is 0.410 e. The van der Waals surface area contributed by atoms with Gasteiger partial charge in [-0.2, -0.15) is 17.6 Å². The number of nitrogens with zero attached hydrogens (tertiary/aromatic N) is 4. The minimum atomic E-state index is -3.16. The first-order valence-electron chi connectivity index (χ1n) is 18.1.